The van der Waals surface area contributed by atoms with Crippen LogP contribution in [0.1, 0.15) is 116 Å². The zero-order chi connectivity index (χ0) is 22.8. The highest BCUT2D eigenvalue weighted by Crippen LogP contribution is 2.43. The summed E-state index contributed by atoms with van der Waals surface area (Å²) in [6, 6.07) is 3.25. The van der Waals surface area contributed by atoms with E-state index < -0.39 is 11.6 Å². The summed E-state index contributed by atoms with van der Waals surface area (Å²) in [5.41, 5.74) is 0.486. The van der Waals surface area contributed by atoms with Gasteiger partial charge in [0.25, 0.3) is 0 Å². The van der Waals surface area contributed by atoms with Crippen LogP contribution in [0.3, 0.4) is 0 Å². The Hall–Kier alpha value is -1.12. The number of hydrogen-bond donors (Lipinski definition) is 0. The van der Waals surface area contributed by atoms with Gasteiger partial charge in [0.2, 0.25) is 5.82 Å². The Labute approximate surface area is 195 Å². The van der Waals surface area contributed by atoms with E-state index in [1.807, 2.05) is 0 Å². The second-order valence-electron chi connectivity index (χ2n) is 10.6. The van der Waals surface area contributed by atoms with Crippen molar-refractivity contribution >= 4 is 0 Å². The monoisotopic (exact) mass is 448 g/mol. The van der Waals surface area contributed by atoms with Crippen LogP contribution in [0.2, 0.25) is 0 Å². The molecule has 0 heterocycles. The fourth-order valence-corrected chi connectivity index (χ4v) is 6.36. The number of rotatable bonds is 12. The van der Waals surface area contributed by atoms with Gasteiger partial charge in [-0.15, -0.1) is 0 Å². The topological polar surface area (TPSA) is 9.23 Å². The normalized spacial score (nSPS) is 26.2. The van der Waals surface area contributed by atoms with E-state index in [4.69, 9.17) is 4.74 Å². The highest BCUT2D eigenvalue weighted by Gasteiger charge is 2.30. The Morgan fingerprint density at radius 2 is 1.28 bits per heavy atom. The molecule has 3 rings (SSSR count). The summed E-state index contributed by atoms with van der Waals surface area (Å²) < 4.78 is 33.4. The summed E-state index contributed by atoms with van der Waals surface area (Å²) in [7, 11) is 0. The van der Waals surface area contributed by atoms with E-state index in [2.05, 4.69) is 6.92 Å². The van der Waals surface area contributed by atoms with Gasteiger partial charge in [-0.2, -0.15) is 4.39 Å². The molecule has 1 aromatic carbocycles. The van der Waals surface area contributed by atoms with Crippen LogP contribution in [0.25, 0.3) is 0 Å². The molecule has 1 nitrogen and oxygen atoms in total. The predicted molar refractivity (Wildman–Crippen MR) is 130 cm³/mol. The first-order chi connectivity index (χ1) is 15.6. The molecule has 0 spiro atoms. The minimum absolute atomic E-state index is 0.0236. The van der Waals surface area contributed by atoms with Crippen LogP contribution in [-0.2, 0) is 6.42 Å². The van der Waals surface area contributed by atoms with Crippen molar-refractivity contribution in [1.82, 2.24) is 0 Å². The molecule has 1 aromatic rings. The van der Waals surface area contributed by atoms with Gasteiger partial charge in [0.15, 0.2) is 11.6 Å². The zero-order valence-corrected chi connectivity index (χ0v) is 20.6. The Balaban J connectivity index is 1.30. The molecule has 0 unspecified atom stereocenters. The van der Waals surface area contributed by atoms with E-state index in [-0.39, 0.29) is 5.75 Å². The first kappa shape index (κ1) is 25.5. The lowest BCUT2D eigenvalue weighted by Crippen LogP contribution is -2.25. The number of unbranched alkanes of at least 4 members (excludes halogenated alkanes) is 3. The first-order valence-corrected chi connectivity index (χ1v) is 13.7. The molecule has 0 aliphatic heterocycles. The van der Waals surface area contributed by atoms with Gasteiger partial charge in [0.1, 0.15) is 0 Å². The molecule has 0 radical (unpaired) electrons. The summed E-state index contributed by atoms with van der Waals surface area (Å²) in [6.45, 7) is 4.42. The molecule has 0 saturated heterocycles. The van der Waals surface area contributed by atoms with Crippen LogP contribution in [-0.4, -0.2) is 6.61 Å². The Bertz CT molecular complexity index is 657. The van der Waals surface area contributed by atoms with E-state index in [0.29, 0.717) is 18.6 Å². The summed E-state index contributed by atoms with van der Waals surface area (Å²) >= 11 is 0. The molecule has 32 heavy (non-hydrogen) atoms. The molecule has 2 aliphatic rings. The van der Waals surface area contributed by atoms with Crippen LogP contribution < -0.4 is 4.74 Å². The van der Waals surface area contributed by atoms with Crippen molar-refractivity contribution in [3.63, 3.8) is 0 Å². The molecular formula is C29H46F2O. The van der Waals surface area contributed by atoms with Crippen LogP contribution in [0.5, 0.6) is 5.75 Å². The van der Waals surface area contributed by atoms with E-state index in [9.17, 15) is 8.78 Å². The highest BCUT2D eigenvalue weighted by molar-refractivity contribution is 5.31. The van der Waals surface area contributed by atoms with Crippen molar-refractivity contribution < 1.29 is 13.5 Å². The zero-order valence-electron chi connectivity index (χ0n) is 20.6. The third kappa shape index (κ3) is 7.45. The van der Waals surface area contributed by atoms with Gasteiger partial charge in [-0.1, -0.05) is 77.2 Å². The van der Waals surface area contributed by atoms with Gasteiger partial charge in [-0.05, 0) is 80.8 Å². The lowest BCUT2D eigenvalue weighted by molar-refractivity contribution is 0.139. The minimum atomic E-state index is -0.835. The minimum Gasteiger partial charge on any atom is -0.491 e. The van der Waals surface area contributed by atoms with Crippen molar-refractivity contribution in [2.45, 2.75) is 117 Å². The molecular weight excluding hydrogens is 402 g/mol. The van der Waals surface area contributed by atoms with Gasteiger partial charge < -0.3 is 4.74 Å². The third-order valence-corrected chi connectivity index (χ3v) is 8.40. The molecule has 0 aromatic heterocycles. The SMILES string of the molecule is CCCCC[C@H]1CC[C@H](C2CCC(CCCCc3ccc(OCC)c(F)c3F)CC2)CC1. The molecule has 2 aliphatic carbocycles. The highest BCUT2D eigenvalue weighted by atomic mass is 19.2. The standard InChI is InChI=1S/C29H46F2O/c1-3-5-6-9-22-12-16-24(17-13-22)25-18-14-23(15-19-25)10-7-8-11-26-20-21-27(32-4-2)29(31)28(26)30/h20-25H,3-19H2,1-2H3/t22-,23?,24-,25?. The van der Waals surface area contributed by atoms with E-state index >= 15 is 0 Å². The van der Waals surface area contributed by atoms with Crippen LogP contribution in [0.15, 0.2) is 12.1 Å². The molecule has 2 saturated carbocycles. The largest absolute Gasteiger partial charge is 0.491 e. The maximum Gasteiger partial charge on any atom is 0.200 e. The first-order valence-electron chi connectivity index (χ1n) is 13.7. The second-order valence-corrected chi connectivity index (χ2v) is 10.6. The van der Waals surface area contributed by atoms with Gasteiger partial charge >= 0.3 is 0 Å². The number of halogens is 2. The van der Waals surface area contributed by atoms with Gasteiger partial charge in [0, 0.05) is 0 Å². The average Bonchev–Trinajstić information content (AvgIpc) is 2.82. The number of hydrogen-bond acceptors (Lipinski definition) is 1. The fourth-order valence-electron chi connectivity index (χ4n) is 6.36. The molecule has 0 N–H and O–H groups in total. The van der Waals surface area contributed by atoms with Gasteiger partial charge in [-0.25, -0.2) is 4.39 Å². The summed E-state index contributed by atoms with van der Waals surface area (Å²) in [5.74, 6) is 2.30. The average molecular weight is 449 g/mol. The van der Waals surface area contributed by atoms with Crippen molar-refractivity contribution in [2.75, 3.05) is 6.61 Å². The predicted octanol–water partition coefficient (Wildman–Crippen LogP) is 9.27. The number of ether oxygens (including phenoxy) is 1. The Morgan fingerprint density at radius 3 is 1.81 bits per heavy atom. The van der Waals surface area contributed by atoms with Crippen molar-refractivity contribution in [1.29, 1.82) is 0 Å². The van der Waals surface area contributed by atoms with Crippen LogP contribution in [0.4, 0.5) is 8.78 Å². The maximum atomic E-state index is 14.2. The lowest BCUT2D eigenvalue weighted by Gasteiger charge is -2.38. The fraction of sp³-hybridized carbons (Fsp3) is 0.793. The van der Waals surface area contributed by atoms with E-state index in [0.717, 1.165) is 36.5 Å². The summed E-state index contributed by atoms with van der Waals surface area (Å²) in [4.78, 5) is 0. The van der Waals surface area contributed by atoms with Crippen LogP contribution >= 0.6 is 0 Å². The second kappa shape index (κ2) is 13.6. The van der Waals surface area contributed by atoms with Crippen LogP contribution in [0, 0.1) is 35.3 Å². The molecule has 3 heteroatoms. The van der Waals surface area contributed by atoms with Crippen molar-refractivity contribution in [3.8, 4) is 5.75 Å². The quantitative estimate of drug-likeness (QED) is 0.289. The smallest absolute Gasteiger partial charge is 0.200 e. The summed E-state index contributed by atoms with van der Waals surface area (Å²) in [6.07, 6.45) is 21.1. The number of aryl methyl sites for hydroxylation is 1. The summed E-state index contributed by atoms with van der Waals surface area (Å²) in [5, 5.41) is 0. The molecule has 2 fully saturated rings. The van der Waals surface area contributed by atoms with E-state index in [1.165, 1.54) is 83.5 Å². The Morgan fingerprint density at radius 1 is 0.719 bits per heavy atom. The third-order valence-electron chi connectivity index (χ3n) is 8.40. The maximum absolute atomic E-state index is 14.2. The van der Waals surface area contributed by atoms with Crippen molar-refractivity contribution in [3.05, 3.63) is 29.3 Å². The van der Waals surface area contributed by atoms with E-state index in [1.54, 1.807) is 19.1 Å². The Kier molecular flexibility index (Phi) is 10.8. The van der Waals surface area contributed by atoms with Crippen molar-refractivity contribution in [2.24, 2.45) is 23.7 Å². The molecule has 0 atom stereocenters. The van der Waals surface area contributed by atoms with Gasteiger partial charge in [-0.3, -0.25) is 0 Å². The number of benzene rings is 1. The van der Waals surface area contributed by atoms with Gasteiger partial charge in [0.05, 0.1) is 6.61 Å². The molecule has 0 amide bonds. The lowest BCUT2D eigenvalue weighted by atomic mass is 9.68. The molecule has 0 bridgehead atoms. The molecule has 182 valence electrons.